The lowest BCUT2D eigenvalue weighted by molar-refractivity contribution is -0.117. The zero-order chi connectivity index (χ0) is 18.6. The lowest BCUT2D eigenvalue weighted by atomic mass is 10.1. The maximum atomic E-state index is 12.3. The van der Waals surface area contributed by atoms with Crippen LogP contribution in [0.5, 0.6) is 11.5 Å². The fourth-order valence-corrected chi connectivity index (χ4v) is 3.92. The maximum Gasteiger partial charge on any atom is 0.238 e. The molecule has 6 nitrogen and oxygen atoms in total. The van der Waals surface area contributed by atoms with Gasteiger partial charge in [0.15, 0.2) is 11.5 Å². The SMILES string of the molecule is O=C(CN1CCN(Cc2ccc3c(c2)OCO3)CC1)Nc1cccc(I)c1. The van der Waals surface area contributed by atoms with E-state index in [-0.39, 0.29) is 5.91 Å². The van der Waals surface area contributed by atoms with Gasteiger partial charge in [-0.1, -0.05) is 12.1 Å². The van der Waals surface area contributed by atoms with Gasteiger partial charge in [-0.3, -0.25) is 14.6 Å². The molecular formula is C20H22IN3O3. The Bertz CT molecular complexity index is 822. The van der Waals surface area contributed by atoms with Gasteiger partial charge in [0.1, 0.15) is 0 Å². The van der Waals surface area contributed by atoms with E-state index in [1.54, 1.807) is 0 Å². The number of halogens is 1. The van der Waals surface area contributed by atoms with Crippen LogP contribution in [0.25, 0.3) is 0 Å². The number of hydrogen-bond donors (Lipinski definition) is 1. The van der Waals surface area contributed by atoms with Crippen LogP contribution in [-0.4, -0.2) is 55.2 Å². The summed E-state index contributed by atoms with van der Waals surface area (Å²) in [7, 11) is 0. The first-order chi connectivity index (χ1) is 13.2. The zero-order valence-electron chi connectivity index (χ0n) is 15.0. The van der Waals surface area contributed by atoms with Crippen LogP contribution in [0.1, 0.15) is 5.56 Å². The van der Waals surface area contributed by atoms with Crippen LogP contribution in [0.2, 0.25) is 0 Å². The Kier molecular flexibility index (Phi) is 5.80. The highest BCUT2D eigenvalue weighted by molar-refractivity contribution is 14.1. The van der Waals surface area contributed by atoms with Crippen molar-refractivity contribution in [3.63, 3.8) is 0 Å². The third kappa shape index (κ3) is 4.91. The standard InChI is InChI=1S/C20H22IN3O3/c21-16-2-1-3-17(11-16)22-20(25)13-24-8-6-23(7-9-24)12-15-4-5-18-19(10-15)27-14-26-18/h1-5,10-11H,6-9,12-14H2,(H,22,25). The minimum atomic E-state index is 0.0428. The van der Waals surface area contributed by atoms with Gasteiger partial charge < -0.3 is 14.8 Å². The topological polar surface area (TPSA) is 54.0 Å². The van der Waals surface area contributed by atoms with Crippen LogP contribution >= 0.6 is 22.6 Å². The van der Waals surface area contributed by atoms with E-state index in [0.29, 0.717) is 13.3 Å². The van der Waals surface area contributed by atoms with E-state index in [4.69, 9.17) is 9.47 Å². The normalized spacial score (nSPS) is 17.1. The van der Waals surface area contributed by atoms with Crippen molar-refractivity contribution < 1.29 is 14.3 Å². The second-order valence-electron chi connectivity index (χ2n) is 6.80. The van der Waals surface area contributed by atoms with Gasteiger partial charge in [0.05, 0.1) is 6.54 Å². The Morgan fingerprint density at radius 3 is 2.59 bits per heavy atom. The Hall–Kier alpha value is -1.84. The molecule has 0 spiro atoms. The summed E-state index contributed by atoms with van der Waals surface area (Å²) in [5, 5.41) is 2.98. The van der Waals surface area contributed by atoms with Crippen molar-refractivity contribution in [2.24, 2.45) is 0 Å². The average Bonchev–Trinajstić information content (AvgIpc) is 3.11. The first-order valence-electron chi connectivity index (χ1n) is 9.04. The van der Waals surface area contributed by atoms with Crippen LogP contribution in [0.3, 0.4) is 0 Å². The minimum absolute atomic E-state index is 0.0428. The van der Waals surface area contributed by atoms with Gasteiger partial charge in [-0.2, -0.15) is 0 Å². The molecule has 0 bridgehead atoms. The van der Waals surface area contributed by atoms with Crippen molar-refractivity contribution in [3.05, 3.63) is 51.6 Å². The number of rotatable bonds is 5. The molecule has 2 aromatic rings. The fourth-order valence-electron chi connectivity index (χ4n) is 3.37. The Morgan fingerprint density at radius 1 is 1.00 bits per heavy atom. The molecule has 1 fully saturated rings. The van der Waals surface area contributed by atoms with Gasteiger partial charge in [-0.25, -0.2) is 0 Å². The van der Waals surface area contributed by atoms with Crippen molar-refractivity contribution in [1.29, 1.82) is 0 Å². The number of nitrogens with zero attached hydrogens (tertiary/aromatic N) is 2. The molecule has 2 heterocycles. The molecule has 1 amide bonds. The molecule has 27 heavy (non-hydrogen) atoms. The molecule has 7 heteroatoms. The molecule has 0 radical (unpaired) electrons. The highest BCUT2D eigenvalue weighted by atomic mass is 127. The largest absolute Gasteiger partial charge is 0.454 e. The molecule has 2 aliphatic heterocycles. The summed E-state index contributed by atoms with van der Waals surface area (Å²) in [5.74, 6) is 1.70. The smallest absolute Gasteiger partial charge is 0.238 e. The van der Waals surface area contributed by atoms with Crippen molar-refractivity contribution in [2.75, 3.05) is 44.8 Å². The van der Waals surface area contributed by atoms with Crippen LogP contribution in [-0.2, 0) is 11.3 Å². The number of amides is 1. The lowest BCUT2D eigenvalue weighted by Gasteiger charge is -2.34. The quantitative estimate of drug-likeness (QED) is 0.669. The number of benzene rings is 2. The number of piperazine rings is 1. The molecule has 2 aromatic carbocycles. The first kappa shape index (κ1) is 18.5. The van der Waals surface area contributed by atoms with Crippen molar-refractivity contribution in [1.82, 2.24) is 9.80 Å². The molecule has 0 unspecified atom stereocenters. The molecule has 142 valence electrons. The van der Waals surface area contributed by atoms with Crippen LogP contribution in [0, 0.1) is 3.57 Å². The number of ether oxygens (including phenoxy) is 2. The monoisotopic (exact) mass is 479 g/mol. The van der Waals surface area contributed by atoms with Crippen LogP contribution < -0.4 is 14.8 Å². The Balaban J connectivity index is 1.23. The van der Waals surface area contributed by atoms with E-state index in [0.717, 1.165) is 53.5 Å². The predicted molar refractivity (Wildman–Crippen MR) is 112 cm³/mol. The molecule has 2 aliphatic rings. The van der Waals surface area contributed by atoms with Crippen molar-refractivity contribution in [3.8, 4) is 11.5 Å². The molecule has 0 saturated carbocycles. The van der Waals surface area contributed by atoms with Crippen LogP contribution in [0.15, 0.2) is 42.5 Å². The third-order valence-corrected chi connectivity index (χ3v) is 5.45. The second kappa shape index (κ2) is 8.45. The number of fused-ring (bicyclic) bond motifs is 1. The molecule has 1 N–H and O–H groups in total. The minimum Gasteiger partial charge on any atom is -0.454 e. The van der Waals surface area contributed by atoms with E-state index >= 15 is 0 Å². The molecule has 0 aliphatic carbocycles. The van der Waals surface area contributed by atoms with E-state index < -0.39 is 0 Å². The highest BCUT2D eigenvalue weighted by Crippen LogP contribution is 2.32. The number of carbonyl (C=O) groups excluding carboxylic acids is 1. The lowest BCUT2D eigenvalue weighted by Crippen LogP contribution is -2.48. The fraction of sp³-hybridized carbons (Fsp3) is 0.350. The third-order valence-electron chi connectivity index (χ3n) is 4.78. The summed E-state index contributed by atoms with van der Waals surface area (Å²) < 4.78 is 11.9. The highest BCUT2D eigenvalue weighted by Gasteiger charge is 2.20. The molecule has 0 atom stereocenters. The van der Waals surface area contributed by atoms with E-state index in [9.17, 15) is 4.79 Å². The first-order valence-corrected chi connectivity index (χ1v) is 10.1. The van der Waals surface area contributed by atoms with E-state index in [1.165, 1.54) is 5.56 Å². The average molecular weight is 479 g/mol. The van der Waals surface area contributed by atoms with Gasteiger partial charge in [-0.15, -0.1) is 0 Å². The zero-order valence-corrected chi connectivity index (χ0v) is 17.1. The molecule has 0 aromatic heterocycles. The van der Waals surface area contributed by atoms with Gasteiger partial charge in [0, 0.05) is 42.0 Å². The summed E-state index contributed by atoms with van der Waals surface area (Å²) in [4.78, 5) is 16.9. The van der Waals surface area contributed by atoms with Gasteiger partial charge >= 0.3 is 0 Å². The summed E-state index contributed by atoms with van der Waals surface area (Å²) in [5.41, 5.74) is 2.08. The van der Waals surface area contributed by atoms with E-state index in [2.05, 4.69) is 49.8 Å². The predicted octanol–water partition coefficient (Wildman–Crippen LogP) is 2.78. The molecular weight excluding hydrogens is 457 g/mol. The van der Waals surface area contributed by atoms with Gasteiger partial charge in [-0.05, 0) is 58.5 Å². The summed E-state index contributed by atoms with van der Waals surface area (Å²) in [6.07, 6.45) is 0. The van der Waals surface area contributed by atoms with E-state index in [1.807, 2.05) is 30.3 Å². The summed E-state index contributed by atoms with van der Waals surface area (Å²) in [6, 6.07) is 14.0. The molecule has 1 saturated heterocycles. The Morgan fingerprint density at radius 2 is 1.78 bits per heavy atom. The maximum absolute atomic E-state index is 12.3. The summed E-state index contributed by atoms with van der Waals surface area (Å²) >= 11 is 2.25. The number of nitrogens with one attached hydrogen (secondary N) is 1. The number of anilines is 1. The number of carbonyl (C=O) groups is 1. The van der Waals surface area contributed by atoms with Crippen LogP contribution in [0.4, 0.5) is 5.69 Å². The second-order valence-corrected chi connectivity index (χ2v) is 8.04. The summed E-state index contributed by atoms with van der Waals surface area (Å²) in [6.45, 7) is 5.31. The van der Waals surface area contributed by atoms with Gasteiger partial charge in [0.2, 0.25) is 12.7 Å². The number of hydrogen-bond acceptors (Lipinski definition) is 5. The van der Waals surface area contributed by atoms with Crippen molar-refractivity contribution in [2.45, 2.75) is 6.54 Å². The Labute approximate surface area is 172 Å². The van der Waals surface area contributed by atoms with Gasteiger partial charge in [0.25, 0.3) is 0 Å². The van der Waals surface area contributed by atoms with Crippen molar-refractivity contribution >= 4 is 34.2 Å². The molecule has 4 rings (SSSR count).